The van der Waals surface area contributed by atoms with Crippen molar-refractivity contribution in [3.05, 3.63) is 65.7 Å². The van der Waals surface area contributed by atoms with E-state index in [9.17, 15) is 4.79 Å². The summed E-state index contributed by atoms with van der Waals surface area (Å²) in [7, 11) is 4.29. The Hall–Kier alpha value is -2.33. The van der Waals surface area contributed by atoms with Gasteiger partial charge in [-0.1, -0.05) is 94.3 Å². The van der Waals surface area contributed by atoms with E-state index in [-0.39, 0.29) is 18.7 Å². The van der Waals surface area contributed by atoms with Gasteiger partial charge in [-0.05, 0) is 37.5 Å². The van der Waals surface area contributed by atoms with Crippen LogP contribution in [0.5, 0.6) is 5.75 Å². The van der Waals surface area contributed by atoms with Crippen molar-refractivity contribution >= 4 is 5.97 Å². The minimum absolute atomic E-state index is 0.0451. The van der Waals surface area contributed by atoms with Crippen LogP contribution in [0, 0.1) is 5.92 Å². The number of nitrogens with zero attached hydrogens (tertiary/aromatic N) is 1. The summed E-state index contributed by atoms with van der Waals surface area (Å²) in [6, 6.07) is 18.5. The molecule has 4 nitrogen and oxygen atoms in total. The molecule has 0 aliphatic heterocycles. The summed E-state index contributed by atoms with van der Waals surface area (Å²) in [5, 5.41) is 0. The van der Waals surface area contributed by atoms with Gasteiger partial charge in [-0.2, -0.15) is 0 Å². The van der Waals surface area contributed by atoms with Gasteiger partial charge in [0.2, 0.25) is 6.79 Å². The number of hydrogen-bond donors (Lipinski definition) is 0. The molecule has 0 bridgehead atoms. The number of aryl methyl sites for hydroxylation is 1. The predicted octanol–water partition coefficient (Wildman–Crippen LogP) is 7.16. The predicted molar refractivity (Wildman–Crippen MR) is 141 cm³/mol. The van der Waals surface area contributed by atoms with Crippen LogP contribution in [0.2, 0.25) is 0 Å². The number of quaternary nitrogens is 1. The molecular weight excluding hydrogens is 422 g/mol. The molecule has 1 atom stereocenters. The second kappa shape index (κ2) is 15.5. The summed E-state index contributed by atoms with van der Waals surface area (Å²) in [6.45, 7) is 5.73. The Kier molecular flexibility index (Phi) is 12.8. The smallest absolute Gasteiger partial charge is 0.317 e. The summed E-state index contributed by atoms with van der Waals surface area (Å²) in [4.78, 5) is 12.5. The Balaban J connectivity index is 1.65. The highest BCUT2D eigenvalue weighted by Gasteiger charge is 2.25. The van der Waals surface area contributed by atoms with Gasteiger partial charge in [-0.25, -0.2) is 0 Å². The maximum Gasteiger partial charge on any atom is 0.317 e. The van der Waals surface area contributed by atoms with Crippen LogP contribution >= 0.6 is 0 Å². The third kappa shape index (κ3) is 11.7. The van der Waals surface area contributed by atoms with Crippen LogP contribution in [0.1, 0.15) is 76.3 Å². The molecule has 0 aromatic heterocycles. The van der Waals surface area contributed by atoms with E-state index < -0.39 is 0 Å². The van der Waals surface area contributed by atoms with Gasteiger partial charge in [0.25, 0.3) is 0 Å². The summed E-state index contributed by atoms with van der Waals surface area (Å²) in [6.07, 6.45) is 11.7. The van der Waals surface area contributed by atoms with Crippen molar-refractivity contribution in [2.75, 3.05) is 27.4 Å². The first-order chi connectivity index (χ1) is 16.4. The molecular formula is C30H46NO3+. The van der Waals surface area contributed by atoms with Crippen molar-refractivity contribution < 1.29 is 18.8 Å². The van der Waals surface area contributed by atoms with Crippen LogP contribution in [0.15, 0.2) is 54.6 Å². The van der Waals surface area contributed by atoms with Crippen molar-refractivity contribution in [1.82, 2.24) is 0 Å². The van der Waals surface area contributed by atoms with E-state index in [1.807, 2.05) is 25.1 Å². The molecule has 2 aromatic carbocycles. The average Bonchev–Trinajstić information content (AvgIpc) is 2.81. The lowest BCUT2D eigenvalue weighted by atomic mass is 10.0. The number of benzene rings is 2. The number of unbranched alkanes of at least 4 members (excludes halogenated alkanes) is 7. The molecule has 0 spiro atoms. The van der Waals surface area contributed by atoms with Gasteiger partial charge in [0.05, 0.1) is 20.6 Å². The summed E-state index contributed by atoms with van der Waals surface area (Å²) in [5.74, 6) is 0.350. The maximum atomic E-state index is 12.5. The summed E-state index contributed by atoms with van der Waals surface area (Å²) < 4.78 is 11.9. The van der Waals surface area contributed by atoms with Gasteiger partial charge < -0.3 is 14.0 Å². The van der Waals surface area contributed by atoms with Gasteiger partial charge in [-0.15, -0.1) is 0 Å². The molecule has 0 aliphatic carbocycles. The van der Waals surface area contributed by atoms with E-state index in [2.05, 4.69) is 57.4 Å². The van der Waals surface area contributed by atoms with Crippen molar-refractivity contribution in [1.29, 1.82) is 0 Å². The Morgan fingerprint density at radius 2 is 1.50 bits per heavy atom. The Morgan fingerprint density at radius 3 is 2.21 bits per heavy atom. The lowest BCUT2D eigenvalue weighted by Crippen LogP contribution is -2.44. The van der Waals surface area contributed by atoms with Crippen molar-refractivity contribution in [3.63, 3.8) is 0 Å². The lowest BCUT2D eigenvalue weighted by molar-refractivity contribution is -0.905. The molecule has 2 aromatic rings. The van der Waals surface area contributed by atoms with E-state index in [1.54, 1.807) is 0 Å². The van der Waals surface area contributed by atoms with E-state index in [0.717, 1.165) is 23.2 Å². The molecule has 1 unspecified atom stereocenters. The monoisotopic (exact) mass is 468 g/mol. The minimum atomic E-state index is -0.214. The lowest BCUT2D eigenvalue weighted by Gasteiger charge is -2.31. The Bertz CT molecular complexity index is 819. The SMILES string of the molecule is CCCCCCCCCCc1cccc(OCOC(=O)C(C)C[N+](C)(C)Cc2ccccc2)c1. The van der Waals surface area contributed by atoms with Crippen LogP contribution in [-0.2, 0) is 22.5 Å². The molecule has 0 amide bonds. The fraction of sp³-hybridized carbons (Fsp3) is 0.567. The second-order valence-corrected chi connectivity index (χ2v) is 10.3. The first-order valence-electron chi connectivity index (χ1n) is 13.1. The summed E-state index contributed by atoms with van der Waals surface area (Å²) in [5.41, 5.74) is 2.55. The summed E-state index contributed by atoms with van der Waals surface area (Å²) >= 11 is 0. The average molecular weight is 469 g/mol. The zero-order valence-electron chi connectivity index (χ0n) is 21.9. The van der Waals surface area contributed by atoms with Crippen LogP contribution < -0.4 is 4.74 Å². The number of carbonyl (C=O) groups excluding carboxylic acids is 1. The van der Waals surface area contributed by atoms with E-state index in [1.165, 1.54) is 62.5 Å². The molecule has 34 heavy (non-hydrogen) atoms. The van der Waals surface area contributed by atoms with Crippen LogP contribution in [0.4, 0.5) is 0 Å². The molecule has 0 radical (unpaired) electrons. The van der Waals surface area contributed by atoms with Gasteiger partial charge in [0.15, 0.2) is 0 Å². The normalized spacial score (nSPS) is 12.4. The van der Waals surface area contributed by atoms with Crippen molar-refractivity contribution in [3.8, 4) is 5.75 Å². The molecule has 2 rings (SSSR count). The third-order valence-electron chi connectivity index (χ3n) is 6.27. The topological polar surface area (TPSA) is 35.5 Å². The Morgan fingerprint density at radius 1 is 0.853 bits per heavy atom. The van der Waals surface area contributed by atoms with Gasteiger partial charge in [-0.3, -0.25) is 4.79 Å². The molecule has 0 saturated carbocycles. The molecule has 0 heterocycles. The van der Waals surface area contributed by atoms with Gasteiger partial charge in [0, 0.05) is 5.56 Å². The number of carbonyl (C=O) groups is 1. The van der Waals surface area contributed by atoms with Gasteiger partial charge in [0.1, 0.15) is 18.2 Å². The largest absolute Gasteiger partial charge is 0.457 e. The van der Waals surface area contributed by atoms with Gasteiger partial charge >= 0.3 is 5.97 Å². The van der Waals surface area contributed by atoms with E-state index in [4.69, 9.17) is 9.47 Å². The zero-order valence-corrected chi connectivity index (χ0v) is 21.9. The van der Waals surface area contributed by atoms with Crippen LogP contribution in [-0.4, -0.2) is 37.9 Å². The zero-order chi connectivity index (χ0) is 24.7. The molecule has 188 valence electrons. The number of ether oxygens (including phenoxy) is 2. The highest BCUT2D eigenvalue weighted by Crippen LogP contribution is 2.17. The standard InChI is InChI=1S/C30H46NO3/c1-5-6-7-8-9-10-11-13-17-27-20-16-21-29(22-27)33-25-34-30(32)26(2)23-31(3,4)24-28-18-14-12-15-19-28/h12,14-16,18-22,26H,5-11,13,17,23-25H2,1-4H3/q+1. The third-order valence-corrected chi connectivity index (χ3v) is 6.27. The van der Waals surface area contributed by atoms with Crippen molar-refractivity contribution in [2.24, 2.45) is 5.92 Å². The Labute approximate surface area is 207 Å². The van der Waals surface area contributed by atoms with Crippen LogP contribution in [0.25, 0.3) is 0 Å². The highest BCUT2D eigenvalue weighted by molar-refractivity contribution is 5.72. The van der Waals surface area contributed by atoms with Crippen molar-refractivity contribution in [2.45, 2.75) is 78.2 Å². The number of esters is 1. The highest BCUT2D eigenvalue weighted by atomic mass is 16.7. The quantitative estimate of drug-likeness (QED) is 0.107. The van der Waals surface area contributed by atoms with Crippen LogP contribution in [0.3, 0.4) is 0 Å². The minimum Gasteiger partial charge on any atom is -0.457 e. The molecule has 0 aliphatic rings. The number of rotatable bonds is 17. The fourth-order valence-corrected chi connectivity index (χ4v) is 4.51. The molecule has 0 saturated heterocycles. The second-order valence-electron chi connectivity index (χ2n) is 10.3. The first-order valence-corrected chi connectivity index (χ1v) is 13.1. The molecule has 0 N–H and O–H groups in total. The molecule has 4 heteroatoms. The maximum absolute atomic E-state index is 12.5. The van der Waals surface area contributed by atoms with E-state index >= 15 is 0 Å². The number of hydrogen-bond acceptors (Lipinski definition) is 3. The first kappa shape index (κ1) is 27.9. The van der Waals surface area contributed by atoms with E-state index in [0.29, 0.717) is 6.54 Å². The molecule has 0 fully saturated rings. The fourth-order valence-electron chi connectivity index (χ4n) is 4.51.